The van der Waals surface area contributed by atoms with Crippen LogP contribution in [0, 0.1) is 5.41 Å². The predicted octanol–water partition coefficient (Wildman–Crippen LogP) is 1.18. The third kappa shape index (κ3) is 4.89. The molecule has 2 unspecified atom stereocenters. The molecule has 0 aromatic carbocycles. The lowest BCUT2D eigenvalue weighted by Gasteiger charge is -2.49. The second-order valence-corrected chi connectivity index (χ2v) is 9.21. The lowest BCUT2D eigenvalue weighted by Crippen LogP contribution is -2.58. The number of piperidine rings is 1. The Hall–Kier alpha value is -0.210. The van der Waals surface area contributed by atoms with Gasteiger partial charge in [0.2, 0.25) is 10.0 Å². The molecule has 2 aliphatic heterocycles. The predicted molar refractivity (Wildman–Crippen MR) is 91.0 cm³/mol. The van der Waals surface area contributed by atoms with Crippen LogP contribution in [-0.2, 0) is 19.5 Å². The molecular formula is C16H32N2O4S. The number of fused-ring (bicyclic) bond motifs is 1. The zero-order valence-electron chi connectivity index (χ0n) is 14.8. The first kappa shape index (κ1) is 19.1. The van der Waals surface area contributed by atoms with Crippen LogP contribution in [0.1, 0.15) is 32.6 Å². The molecule has 136 valence electrons. The van der Waals surface area contributed by atoms with E-state index in [1.54, 1.807) is 4.31 Å². The summed E-state index contributed by atoms with van der Waals surface area (Å²) in [7, 11) is 0.891. The maximum absolute atomic E-state index is 12.5. The normalized spacial score (nSPS) is 29.7. The average molecular weight is 349 g/mol. The van der Waals surface area contributed by atoms with Crippen molar-refractivity contribution < 1.29 is 17.9 Å². The lowest BCUT2D eigenvalue weighted by atomic mass is 9.73. The number of ether oxygens (including phenoxy) is 2. The van der Waals surface area contributed by atoms with Gasteiger partial charge in [-0.25, -0.2) is 12.7 Å². The maximum Gasteiger partial charge on any atom is 0.214 e. The topological polar surface area (TPSA) is 59.1 Å². The van der Waals surface area contributed by atoms with Crippen molar-refractivity contribution in [2.75, 3.05) is 59.3 Å². The summed E-state index contributed by atoms with van der Waals surface area (Å²) in [5.74, 6) is 0.232. The highest BCUT2D eigenvalue weighted by Crippen LogP contribution is 2.41. The minimum Gasteiger partial charge on any atom is -0.379 e. The second-order valence-electron chi connectivity index (χ2n) is 7.12. The highest BCUT2D eigenvalue weighted by molar-refractivity contribution is 7.89. The zero-order chi connectivity index (χ0) is 16.9. The SMILES string of the molecule is CCCS(=O)(=O)N1CCC2OCCCC2(COCCN(C)C)C1. The first-order valence-corrected chi connectivity index (χ1v) is 10.3. The Morgan fingerprint density at radius 3 is 2.87 bits per heavy atom. The molecule has 0 aliphatic carbocycles. The van der Waals surface area contributed by atoms with Crippen LogP contribution in [0.5, 0.6) is 0 Å². The van der Waals surface area contributed by atoms with Gasteiger partial charge in [-0.15, -0.1) is 0 Å². The van der Waals surface area contributed by atoms with Gasteiger partial charge in [0.1, 0.15) is 0 Å². The third-order valence-corrected chi connectivity index (χ3v) is 6.90. The molecule has 0 aromatic heterocycles. The largest absolute Gasteiger partial charge is 0.379 e. The molecule has 6 nitrogen and oxygen atoms in total. The summed E-state index contributed by atoms with van der Waals surface area (Å²) in [6, 6.07) is 0. The molecule has 0 N–H and O–H groups in total. The molecule has 0 radical (unpaired) electrons. The summed E-state index contributed by atoms with van der Waals surface area (Å²) in [5.41, 5.74) is -0.177. The van der Waals surface area contributed by atoms with Gasteiger partial charge in [-0.1, -0.05) is 6.92 Å². The summed E-state index contributed by atoms with van der Waals surface area (Å²) >= 11 is 0. The first-order chi connectivity index (χ1) is 10.9. The van der Waals surface area contributed by atoms with Gasteiger partial charge < -0.3 is 14.4 Å². The smallest absolute Gasteiger partial charge is 0.214 e. The summed E-state index contributed by atoms with van der Waals surface area (Å²) in [6.07, 6.45) is 3.53. The molecule has 0 amide bonds. The fourth-order valence-electron chi connectivity index (χ4n) is 3.61. The third-order valence-electron chi connectivity index (χ3n) is 4.88. The Bertz CT molecular complexity index is 469. The quantitative estimate of drug-likeness (QED) is 0.617. The van der Waals surface area contributed by atoms with Crippen molar-refractivity contribution in [3.63, 3.8) is 0 Å². The molecule has 0 aromatic rings. The van der Waals surface area contributed by atoms with Gasteiger partial charge in [-0.2, -0.15) is 0 Å². The molecule has 2 saturated heterocycles. The number of hydrogen-bond donors (Lipinski definition) is 0. The zero-order valence-corrected chi connectivity index (χ0v) is 15.6. The number of sulfonamides is 1. The van der Waals surface area contributed by atoms with E-state index in [9.17, 15) is 8.42 Å². The molecule has 2 rings (SSSR count). The summed E-state index contributed by atoms with van der Waals surface area (Å²) < 4.78 is 38.5. The van der Waals surface area contributed by atoms with Crippen molar-refractivity contribution in [1.82, 2.24) is 9.21 Å². The van der Waals surface area contributed by atoms with Crippen LogP contribution in [0.4, 0.5) is 0 Å². The first-order valence-electron chi connectivity index (χ1n) is 8.71. The Balaban J connectivity index is 2.04. The van der Waals surface area contributed by atoms with E-state index < -0.39 is 10.0 Å². The molecule has 2 atom stereocenters. The average Bonchev–Trinajstić information content (AvgIpc) is 2.51. The van der Waals surface area contributed by atoms with Crippen LogP contribution in [-0.4, -0.2) is 83.0 Å². The van der Waals surface area contributed by atoms with Crippen molar-refractivity contribution in [1.29, 1.82) is 0 Å². The van der Waals surface area contributed by atoms with E-state index in [1.807, 2.05) is 21.0 Å². The highest BCUT2D eigenvalue weighted by Gasteiger charge is 2.48. The Kier molecular flexibility index (Phi) is 6.86. The van der Waals surface area contributed by atoms with E-state index in [4.69, 9.17) is 9.47 Å². The summed E-state index contributed by atoms with van der Waals surface area (Å²) in [4.78, 5) is 2.09. The van der Waals surface area contributed by atoms with Crippen molar-refractivity contribution in [2.45, 2.75) is 38.7 Å². The Morgan fingerprint density at radius 2 is 2.17 bits per heavy atom. The van der Waals surface area contributed by atoms with Gasteiger partial charge in [0.05, 0.1) is 25.1 Å². The maximum atomic E-state index is 12.5. The molecule has 2 fully saturated rings. The molecular weight excluding hydrogens is 316 g/mol. The Labute approximate surface area is 141 Å². The van der Waals surface area contributed by atoms with Gasteiger partial charge in [0.25, 0.3) is 0 Å². The molecule has 7 heteroatoms. The molecule has 0 spiro atoms. The van der Waals surface area contributed by atoms with E-state index in [-0.39, 0.29) is 17.3 Å². The van der Waals surface area contributed by atoms with Crippen LogP contribution < -0.4 is 0 Å². The second kappa shape index (κ2) is 8.25. The molecule has 2 aliphatic rings. The van der Waals surface area contributed by atoms with Gasteiger partial charge >= 0.3 is 0 Å². The number of hydrogen-bond acceptors (Lipinski definition) is 5. The standard InChI is InChI=1S/C16H32N2O4S/c1-4-12-23(19,20)18-8-6-15-16(13-18,7-5-10-22-15)14-21-11-9-17(2)3/h15H,4-14H2,1-3H3. The lowest BCUT2D eigenvalue weighted by molar-refractivity contribution is -0.142. The number of nitrogens with zero attached hydrogens (tertiary/aromatic N) is 2. The van der Waals surface area contributed by atoms with E-state index in [0.29, 0.717) is 32.7 Å². The van der Waals surface area contributed by atoms with Crippen LogP contribution in [0.15, 0.2) is 0 Å². The van der Waals surface area contributed by atoms with Crippen LogP contribution in [0.3, 0.4) is 0 Å². The number of rotatable bonds is 8. The van der Waals surface area contributed by atoms with E-state index in [0.717, 1.165) is 32.4 Å². The van der Waals surface area contributed by atoms with Crippen molar-refractivity contribution in [2.24, 2.45) is 5.41 Å². The summed E-state index contributed by atoms with van der Waals surface area (Å²) in [6.45, 7) is 5.95. The van der Waals surface area contributed by atoms with Gasteiger partial charge in [0.15, 0.2) is 0 Å². The Morgan fingerprint density at radius 1 is 1.39 bits per heavy atom. The van der Waals surface area contributed by atoms with Crippen LogP contribution >= 0.6 is 0 Å². The molecule has 23 heavy (non-hydrogen) atoms. The van der Waals surface area contributed by atoms with Crippen molar-refractivity contribution >= 4 is 10.0 Å². The van der Waals surface area contributed by atoms with E-state index in [1.165, 1.54) is 0 Å². The molecule has 0 bridgehead atoms. The van der Waals surface area contributed by atoms with Crippen molar-refractivity contribution in [3.8, 4) is 0 Å². The van der Waals surface area contributed by atoms with Crippen LogP contribution in [0.25, 0.3) is 0 Å². The fourth-order valence-corrected chi connectivity index (χ4v) is 5.22. The number of likely N-dealkylation sites (N-methyl/N-ethyl adjacent to an activating group) is 1. The van der Waals surface area contributed by atoms with Crippen LogP contribution in [0.2, 0.25) is 0 Å². The molecule has 0 saturated carbocycles. The minimum absolute atomic E-state index is 0.128. The monoisotopic (exact) mass is 348 g/mol. The summed E-state index contributed by atoms with van der Waals surface area (Å²) in [5, 5.41) is 0. The van der Waals surface area contributed by atoms with Gasteiger partial charge in [0, 0.05) is 31.7 Å². The van der Waals surface area contributed by atoms with E-state index in [2.05, 4.69) is 4.90 Å². The fraction of sp³-hybridized carbons (Fsp3) is 1.00. The highest BCUT2D eigenvalue weighted by atomic mass is 32.2. The van der Waals surface area contributed by atoms with Crippen molar-refractivity contribution in [3.05, 3.63) is 0 Å². The molecule has 2 heterocycles. The van der Waals surface area contributed by atoms with E-state index >= 15 is 0 Å². The minimum atomic E-state index is -3.15. The van der Waals surface area contributed by atoms with Gasteiger partial charge in [-0.05, 0) is 39.8 Å². The van der Waals surface area contributed by atoms with Gasteiger partial charge in [-0.3, -0.25) is 0 Å².